The Morgan fingerprint density at radius 1 is 1.38 bits per heavy atom. The average molecular weight is 303 g/mol. The fourth-order valence-corrected chi connectivity index (χ4v) is 2.11. The summed E-state index contributed by atoms with van der Waals surface area (Å²) in [5, 5.41) is 16.3. The minimum absolute atomic E-state index is 0.00339. The van der Waals surface area contributed by atoms with Crippen molar-refractivity contribution in [2.45, 2.75) is 32.5 Å². The van der Waals surface area contributed by atoms with Crippen LogP contribution in [-0.2, 0) is 6.18 Å². The van der Waals surface area contributed by atoms with E-state index in [0.29, 0.717) is 18.7 Å². The average Bonchev–Trinajstić information content (AvgIpc) is 2.37. The van der Waals surface area contributed by atoms with Crippen LogP contribution in [0.5, 0.6) is 0 Å². The number of hydrogen-bond acceptors (Lipinski definition) is 3. The van der Waals surface area contributed by atoms with E-state index in [-0.39, 0.29) is 18.2 Å². The summed E-state index contributed by atoms with van der Waals surface area (Å²) in [6.07, 6.45) is -4.04. The lowest BCUT2D eigenvalue weighted by atomic mass is 10.0. The molecule has 0 amide bonds. The van der Waals surface area contributed by atoms with E-state index < -0.39 is 17.6 Å². The maximum Gasteiger partial charge on any atom is 0.417 e. The molecule has 0 saturated carbocycles. The third kappa shape index (κ3) is 4.35. The molecule has 0 heterocycles. The van der Waals surface area contributed by atoms with E-state index in [1.165, 1.54) is 12.1 Å². The first-order valence-electron chi connectivity index (χ1n) is 6.61. The van der Waals surface area contributed by atoms with Crippen molar-refractivity contribution in [2.24, 2.45) is 5.73 Å². The SMILES string of the molecule is CC(C)N(CCCO)c1ccc(C(F)(F)F)c(C(=N)N)c1. The maximum atomic E-state index is 12.9. The first kappa shape index (κ1) is 17.3. The summed E-state index contributed by atoms with van der Waals surface area (Å²) >= 11 is 0. The standard InChI is InChI=1S/C14H20F3N3O/c1-9(2)20(6-3-7-21)10-4-5-12(14(15,16)17)11(8-10)13(18)19/h4-5,8-9,21H,3,6-7H2,1-2H3,(H3,18,19). The Hall–Kier alpha value is -1.76. The number of halogens is 3. The van der Waals surface area contributed by atoms with Gasteiger partial charge in [0.15, 0.2) is 0 Å². The van der Waals surface area contributed by atoms with Crippen LogP contribution in [0.3, 0.4) is 0 Å². The van der Waals surface area contributed by atoms with E-state index in [9.17, 15) is 13.2 Å². The number of nitrogens with one attached hydrogen (secondary N) is 1. The Labute approximate surface area is 121 Å². The van der Waals surface area contributed by atoms with Crippen molar-refractivity contribution in [1.29, 1.82) is 5.41 Å². The molecule has 21 heavy (non-hydrogen) atoms. The molecule has 0 atom stereocenters. The van der Waals surface area contributed by atoms with Gasteiger partial charge in [0, 0.05) is 30.4 Å². The number of aliphatic hydroxyl groups excluding tert-OH is 1. The molecule has 1 aromatic rings. The van der Waals surface area contributed by atoms with Gasteiger partial charge in [-0.15, -0.1) is 0 Å². The van der Waals surface area contributed by atoms with Crippen LogP contribution in [0.15, 0.2) is 18.2 Å². The topological polar surface area (TPSA) is 73.3 Å². The van der Waals surface area contributed by atoms with E-state index in [1.807, 2.05) is 18.7 Å². The molecular formula is C14H20F3N3O. The molecule has 7 heteroatoms. The Morgan fingerprint density at radius 2 is 2.00 bits per heavy atom. The predicted octanol–water partition coefficient (Wildman–Crippen LogP) is 2.59. The van der Waals surface area contributed by atoms with Gasteiger partial charge in [-0.05, 0) is 38.5 Å². The van der Waals surface area contributed by atoms with Crippen molar-refractivity contribution in [3.8, 4) is 0 Å². The molecule has 4 nitrogen and oxygen atoms in total. The number of benzene rings is 1. The monoisotopic (exact) mass is 303 g/mol. The molecule has 0 fully saturated rings. The van der Waals surface area contributed by atoms with Crippen LogP contribution in [0.25, 0.3) is 0 Å². The lowest BCUT2D eigenvalue weighted by Crippen LogP contribution is -2.32. The molecule has 0 saturated heterocycles. The fourth-order valence-electron chi connectivity index (χ4n) is 2.11. The van der Waals surface area contributed by atoms with Gasteiger partial charge >= 0.3 is 6.18 Å². The van der Waals surface area contributed by atoms with Crippen molar-refractivity contribution < 1.29 is 18.3 Å². The second kappa shape index (κ2) is 6.80. The van der Waals surface area contributed by atoms with E-state index >= 15 is 0 Å². The molecule has 0 unspecified atom stereocenters. The number of aliphatic hydroxyl groups is 1. The molecule has 0 aliphatic rings. The summed E-state index contributed by atoms with van der Waals surface area (Å²) in [7, 11) is 0. The van der Waals surface area contributed by atoms with Crippen molar-refractivity contribution in [3.05, 3.63) is 29.3 Å². The minimum atomic E-state index is -4.55. The molecule has 0 spiro atoms. The predicted molar refractivity (Wildman–Crippen MR) is 76.6 cm³/mol. The smallest absolute Gasteiger partial charge is 0.396 e. The van der Waals surface area contributed by atoms with Crippen LogP contribution in [0.4, 0.5) is 18.9 Å². The summed E-state index contributed by atoms with van der Waals surface area (Å²) in [6.45, 7) is 4.32. The van der Waals surface area contributed by atoms with Gasteiger partial charge in [0.1, 0.15) is 5.84 Å². The van der Waals surface area contributed by atoms with Gasteiger partial charge in [-0.2, -0.15) is 13.2 Å². The normalized spacial score (nSPS) is 11.8. The van der Waals surface area contributed by atoms with Crippen molar-refractivity contribution >= 4 is 11.5 Å². The number of anilines is 1. The van der Waals surface area contributed by atoms with Crippen LogP contribution >= 0.6 is 0 Å². The molecule has 0 bridgehead atoms. The zero-order chi connectivity index (χ0) is 16.2. The van der Waals surface area contributed by atoms with E-state index in [4.69, 9.17) is 16.2 Å². The van der Waals surface area contributed by atoms with Gasteiger partial charge in [0.05, 0.1) is 5.56 Å². The summed E-state index contributed by atoms with van der Waals surface area (Å²) in [5.41, 5.74) is 4.60. The van der Waals surface area contributed by atoms with Gasteiger partial charge in [-0.3, -0.25) is 5.41 Å². The largest absolute Gasteiger partial charge is 0.417 e. The first-order valence-corrected chi connectivity index (χ1v) is 6.61. The number of nitrogens with two attached hydrogens (primary N) is 1. The highest BCUT2D eigenvalue weighted by Crippen LogP contribution is 2.34. The molecule has 1 rings (SSSR count). The molecule has 0 aliphatic carbocycles. The lowest BCUT2D eigenvalue weighted by Gasteiger charge is -2.29. The van der Waals surface area contributed by atoms with Crippen LogP contribution in [-0.4, -0.2) is 30.1 Å². The fraction of sp³-hybridized carbons (Fsp3) is 0.500. The highest BCUT2D eigenvalue weighted by atomic mass is 19.4. The van der Waals surface area contributed by atoms with Gasteiger partial charge in [-0.1, -0.05) is 0 Å². The number of hydrogen-bond donors (Lipinski definition) is 3. The highest BCUT2D eigenvalue weighted by Gasteiger charge is 2.34. The number of rotatable bonds is 6. The summed E-state index contributed by atoms with van der Waals surface area (Å²) in [6, 6.07) is 3.64. The van der Waals surface area contributed by atoms with Crippen molar-refractivity contribution in [1.82, 2.24) is 0 Å². The quantitative estimate of drug-likeness (QED) is 0.558. The Balaban J connectivity index is 3.26. The van der Waals surface area contributed by atoms with E-state index in [2.05, 4.69) is 0 Å². The van der Waals surface area contributed by atoms with E-state index in [0.717, 1.165) is 6.07 Å². The molecule has 118 valence electrons. The number of nitrogens with zero attached hydrogens (tertiary/aromatic N) is 1. The third-order valence-electron chi connectivity index (χ3n) is 3.11. The zero-order valence-electron chi connectivity index (χ0n) is 12.0. The van der Waals surface area contributed by atoms with Gasteiger partial charge in [-0.25, -0.2) is 0 Å². The van der Waals surface area contributed by atoms with Crippen LogP contribution in [0, 0.1) is 5.41 Å². The van der Waals surface area contributed by atoms with Gasteiger partial charge < -0.3 is 15.7 Å². The lowest BCUT2D eigenvalue weighted by molar-refractivity contribution is -0.137. The third-order valence-corrected chi connectivity index (χ3v) is 3.11. The van der Waals surface area contributed by atoms with Crippen molar-refractivity contribution in [3.63, 3.8) is 0 Å². The molecule has 0 aliphatic heterocycles. The van der Waals surface area contributed by atoms with Gasteiger partial charge in [0.2, 0.25) is 0 Å². The summed E-state index contributed by atoms with van der Waals surface area (Å²) in [5.74, 6) is -0.616. The number of alkyl halides is 3. The highest BCUT2D eigenvalue weighted by molar-refractivity contribution is 5.97. The zero-order valence-corrected chi connectivity index (χ0v) is 12.0. The molecule has 0 aromatic heterocycles. The Morgan fingerprint density at radius 3 is 2.43 bits per heavy atom. The Bertz CT molecular complexity index is 501. The van der Waals surface area contributed by atoms with Gasteiger partial charge in [0.25, 0.3) is 0 Å². The number of amidine groups is 1. The molecule has 0 radical (unpaired) electrons. The molecule has 1 aromatic carbocycles. The number of nitrogen functional groups attached to an aromatic ring is 1. The van der Waals surface area contributed by atoms with Crippen molar-refractivity contribution in [2.75, 3.05) is 18.1 Å². The maximum absolute atomic E-state index is 12.9. The molecule has 4 N–H and O–H groups in total. The minimum Gasteiger partial charge on any atom is -0.396 e. The molecular weight excluding hydrogens is 283 g/mol. The summed E-state index contributed by atoms with van der Waals surface area (Å²) < 4.78 is 38.7. The second-order valence-electron chi connectivity index (χ2n) is 5.01. The van der Waals surface area contributed by atoms with Crippen LogP contribution in [0.1, 0.15) is 31.4 Å². The summed E-state index contributed by atoms with van der Waals surface area (Å²) in [4.78, 5) is 1.86. The first-order chi connectivity index (χ1) is 9.68. The second-order valence-corrected chi connectivity index (χ2v) is 5.01. The van der Waals surface area contributed by atoms with E-state index in [1.54, 1.807) is 0 Å². The van der Waals surface area contributed by atoms with Crippen LogP contribution < -0.4 is 10.6 Å². The Kier molecular flexibility index (Phi) is 5.60. The van der Waals surface area contributed by atoms with Crippen LogP contribution in [0.2, 0.25) is 0 Å².